The van der Waals surface area contributed by atoms with E-state index < -0.39 is 0 Å². The van der Waals surface area contributed by atoms with Crippen LogP contribution in [0, 0.1) is 5.92 Å². The number of halogens is 1. The zero-order chi connectivity index (χ0) is 11.5. The van der Waals surface area contributed by atoms with E-state index in [1.165, 1.54) is 30.4 Å². The van der Waals surface area contributed by atoms with Crippen molar-refractivity contribution in [1.82, 2.24) is 0 Å². The summed E-state index contributed by atoms with van der Waals surface area (Å²) in [5.41, 5.74) is 2.98. The molecule has 1 fully saturated rings. The molecule has 1 saturated carbocycles. The van der Waals surface area contributed by atoms with Crippen molar-refractivity contribution in [3.8, 4) is 0 Å². The van der Waals surface area contributed by atoms with Crippen LogP contribution in [0.4, 0.5) is 0 Å². The molecule has 0 bridgehead atoms. The largest absolute Gasteiger partial charge is 0.123 e. The molecule has 88 valence electrons. The third-order valence-electron chi connectivity index (χ3n) is 3.44. The lowest BCUT2D eigenvalue weighted by molar-refractivity contribution is 0.644. The first-order chi connectivity index (χ1) is 7.65. The fourth-order valence-electron chi connectivity index (χ4n) is 2.67. The van der Waals surface area contributed by atoms with E-state index >= 15 is 0 Å². The smallest absolute Gasteiger partial charge is 0.0342 e. The van der Waals surface area contributed by atoms with Gasteiger partial charge in [-0.2, -0.15) is 0 Å². The Balaban J connectivity index is 2.09. The second kappa shape index (κ2) is 5.23. The molecule has 0 radical (unpaired) electrons. The average Bonchev–Trinajstić information content (AvgIpc) is 2.64. The lowest BCUT2D eigenvalue weighted by atomic mass is 9.93. The average molecular weight is 237 g/mol. The summed E-state index contributed by atoms with van der Waals surface area (Å²) in [4.78, 5) is 0. The predicted molar refractivity (Wildman–Crippen MR) is 71.2 cm³/mol. The van der Waals surface area contributed by atoms with Gasteiger partial charge >= 0.3 is 0 Å². The first-order valence-electron chi connectivity index (χ1n) is 6.38. The first kappa shape index (κ1) is 12.0. The number of alkyl halides is 1. The summed E-state index contributed by atoms with van der Waals surface area (Å²) < 4.78 is 0. The van der Waals surface area contributed by atoms with Crippen molar-refractivity contribution in [3.05, 3.63) is 35.4 Å². The summed E-state index contributed by atoms with van der Waals surface area (Å²) in [7, 11) is 0. The van der Waals surface area contributed by atoms with Gasteiger partial charge in [-0.05, 0) is 48.6 Å². The van der Waals surface area contributed by atoms with Crippen LogP contribution in [-0.2, 0) is 6.42 Å². The van der Waals surface area contributed by atoms with Crippen LogP contribution >= 0.6 is 11.6 Å². The predicted octanol–water partition coefficient (Wildman–Crippen LogP) is 4.76. The minimum absolute atomic E-state index is 0.402. The Morgan fingerprint density at radius 3 is 2.75 bits per heavy atom. The lowest BCUT2D eigenvalue weighted by Gasteiger charge is -2.12. The van der Waals surface area contributed by atoms with Crippen LogP contribution in [0.1, 0.15) is 50.2 Å². The molecule has 0 N–H and O–H groups in total. The van der Waals surface area contributed by atoms with Crippen LogP contribution in [0.25, 0.3) is 0 Å². The molecule has 0 nitrogen and oxygen atoms in total. The van der Waals surface area contributed by atoms with Gasteiger partial charge in [-0.25, -0.2) is 0 Å². The minimum Gasteiger partial charge on any atom is -0.123 e. The standard InChI is InChI=1S/C15H21Cl/c1-11(2)8-12-4-3-5-13(9-12)14-6-7-15(16)10-14/h3-5,9,11,14-15H,6-8,10H2,1-2H3. The topological polar surface area (TPSA) is 0 Å². The van der Waals surface area contributed by atoms with Crippen LogP contribution in [-0.4, -0.2) is 5.38 Å². The zero-order valence-corrected chi connectivity index (χ0v) is 11.0. The van der Waals surface area contributed by atoms with Crippen molar-refractivity contribution < 1.29 is 0 Å². The van der Waals surface area contributed by atoms with E-state index in [4.69, 9.17) is 11.6 Å². The molecule has 0 aliphatic heterocycles. The second-order valence-electron chi connectivity index (χ2n) is 5.45. The summed E-state index contributed by atoms with van der Waals surface area (Å²) in [6.45, 7) is 4.55. The van der Waals surface area contributed by atoms with Gasteiger partial charge in [0.15, 0.2) is 0 Å². The van der Waals surface area contributed by atoms with Crippen LogP contribution in [0.2, 0.25) is 0 Å². The van der Waals surface area contributed by atoms with E-state index in [0.717, 1.165) is 12.3 Å². The van der Waals surface area contributed by atoms with Gasteiger partial charge in [0.25, 0.3) is 0 Å². The maximum Gasteiger partial charge on any atom is 0.0342 e. The van der Waals surface area contributed by atoms with Gasteiger partial charge < -0.3 is 0 Å². The lowest BCUT2D eigenvalue weighted by Crippen LogP contribution is -1.98. The molecule has 1 heteroatoms. The molecule has 1 aliphatic rings. The van der Waals surface area contributed by atoms with E-state index in [-0.39, 0.29) is 0 Å². The minimum atomic E-state index is 0.402. The van der Waals surface area contributed by atoms with E-state index in [1.807, 2.05) is 0 Å². The molecule has 1 aromatic carbocycles. The molecule has 2 atom stereocenters. The fraction of sp³-hybridized carbons (Fsp3) is 0.600. The molecule has 0 aromatic heterocycles. The third kappa shape index (κ3) is 3.01. The van der Waals surface area contributed by atoms with Gasteiger partial charge in [0.1, 0.15) is 0 Å². The SMILES string of the molecule is CC(C)Cc1cccc(C2CCC(Cl)C2)c1. The van der Waals surface area contributed by atoms with Gasteiger partial charge in [0, 0.05) is 5.38 Å². The van der Waals surface area contributed by atoms with E-state index in [9.17, 15) is 0 Å². The van der Waals surface area contributed by atoms with E-state index in [1.54, 1.807) is 0 Å². The Bertz CT molecular complexity index is 343. The molecule has 0 saturated heterocycles. The zero-order valence-electron chi connectivity index (χ0n) is 10.2. The molecule has 2 rings (SSSR count). The third-order valence-corrected chi connectivity index (χ3v) is 3.83. The summed E-state index contributed by atoms with van der Waals surface area (Å²) in [6.07, 6.45) is 4.79. The Labute approximate surface area is 104 Å². The molecule has 0 heterocycles. The second-order valence-corrected chi connectivity index (χ2v) is 6.07. The fourth-order valence-corrected chi connectivity index (χ4v) is 3.02. The van der Waals surface area contributed by atoms with Crippen molar-refractivity contribution >= 4 is 11.6 Å². The number of benzene rings is 1. The van der Waals surface area contributed by atoms with Crippen molar-refractivity contribution in [1.29, 1.82) is 0 Å². The monoisotopic (exact) mass is 236 g/mol. The van der Waals surface area contributed by atoms with Crippen LogP contribution < -0.4 is 0 Å². The normalized spacial score (nSPS) is 25.2. The Morgan fingerprint density at radius 1 is 1.31 bits per heavy atom. The molecule has 0 amide bonds. The first-order valence-corrected chi connectivity index (χ1v) is 6.81. The molecule has 1 aromatic rings. The maximum absolute atomic E-state index is 6.18. The van der Waals surface area contributed by atoms with Gasteiger partial charge in [0.2, 0.25) is 0 Å². The van der Waals surface area contributed by atoms with Crippen molar-refractivity contribution in [3.63, 3.8) is 0 Å². The highest BCUT2D eigenvalue weighted by Gasteiger charge is 2.24. The Hall–Kier alpha value is -0.490. The highest BCUT2D eigenvalue weighted by atomic mass is 35.5. The van der Waals surface area contributed by atoms with Crippen molar-refractivity contribution in [2.75, 3.05) is 0 Å². The molecule has 16 heavy (non-hydrogen) atoms. The quantitative estimate of drug-likeness (QED) is 0.664. The van der Waals surface area contributed by atoms with Crippen LogP contribution in [0.3, 0.4) is 0 Å². The van der Waals surface area contributed by atoms with Gasteiger partial charge in [-0.15, -0.1) is 11.6 Å². The molecule has 1 aliphatic carbocycles. The summed E-state index contributed by atoms with van der Waals surface area (Å²) in [5, 5.41) is 0.402. The van der Waals surface area contributed by atoms with Crippen molar-refractivity contribution in [2.24, 2.45) is 5.92 Å². The van der Waals surface area contributed by atoms with E-state index in [2.05, 4.69) is 38.1 Å². The van der Waals surface area contributed by atoms with Crippen LogP contribution in [0.5, 0.6) is 0 Å². The summed E-state index contributed by atoms with van der Waals surface area (Å²) >= 11 is 6.18. The molecular weight excluding hydrogens is 216 g/mol. The summed E-state index contributed by atoms with van der Waals surface area (Å²) in [6, 6.07) is 9.11. The number of hydrogen-bond donors (Lipinski definition) is 0. The van der Waals surface area contributed by atoms with E-state index in [0.29, 0.717) is 11.3 Å². The van der Waals surface area contributed by atoms with Gasteiger partial charge in [-0.1, -0.05) is 38.1 Å². The highest BCUT2D eigenvalue weighted by Crippen LogP contribution is 2.37. The number of rotatable bonds is 3. The van der Waals surface area contributed by atoms with Crippen molar-refractivity contribution in [2.45, 2.75) is 50.8 Å². The summed E-state index contributed by atoms with van der Waals surface area (Å²) in [5.74, 6) is 1.44. The Kier molecular flexibility index (Phi) is 3.91. The number of hydrogen-bond acceptors (Lipinski definition) is 0. The van der Waals surface area contributed by atoms with Crippen LogP contribution in [0.15, 0.2) is 24.3 Å². The molecule has 0 spiro atoms. The van der Waals surface area contributed by atoms with Gasteiger partial charge in [-0.3, -0.25) is 0 Å². The highest BCUT2D eigenvalue weighted by molar-refractivity contribution is 6.20. The maximum atomic E-state index is 6.18. The Morgan fingerprint density at radius 2 is 2.12 bits per heavy atom. The molecule has 2 unspecified atom stereocenters. The van der Waals surface area contributed by atoms with Gasteiger partial charge in [0.05, 0.1) is 0 Å². The molecular formula is C15H21Cl.